The largest absolute Gasteiger partial charge is 0.508 e. The maximum absolute atomic E-state index is 12.7. The van der Waals surface area contributed by atoms with Crippen molar-refractivity contribution in [1.82, 2.24) is 4.72 Å². The van der Waals surface area contributed by atoms with Crippen molar-refractivity contribution in [2.45, 2.75) is 10.6 Å². The van der Waals surface area contributed by atoms with E-state index in [1.54, 1.807) is 30.3 Å². The van der Waals surface area contributed by atoms with E-state index < -0.39 is 27.4 Å². The zero-order valence-electron chi connectivity index (χ0n) is 15.1. The smallest absolute Gasteiger partial charge is 0.243 e. The minimum absolute atomic E-state index is 0.270. The number of aromatic hydroxyl groups is 1. The second kappa shape index (κ2) is 8.04. The number of hydrogen-bond donors (Lipinski definition) is 4. The fourth-order valence-electron chi connectivity index (χ4n) is 2.83. The van der Waals surface area contributed by atoms with Crippen molar-refractivity contribution in [2.75, 3.05) is 0 Å². The standard InChI is InChI=1S/C21H19NO6S/c23-17-9-5-10-18(14-17)29(27,28)22-21(26)16(8-4-11-20(21)25)12-13-19(24)15-6-2-1-3-7-15/h1-14,16,22-23,25-26H. The van der Waals surface area contributed by atoms with Gasteiger partial charge in [-0.3, -0.25) is 4.79 Å². The highest BCUT2D eigenvalue weighted by atomic mass is 32.2. The number of aliphatic hydroxyl groups is 2. The van der Waals surface area contributed by atoms with E-state index in [9.17, 15) is 28.5 Å². The highest BCUT2D eigenvalue weighted by Gasteiger charge is 2.43. The normalized spacial score (nSPS) is 21.8. The molecule has 0 aliphatic heterocycles. The van der Waals surface area contributed by atoms with E-state index in [4.69, 9.17) is 0 Å². The van der Waals surface area contributed by atoms with Gasteiger partial charge in [-0.15, -0.1) is 0 Å². The average molecular weight is 413 g/mol. The zero-order valence-corrected chi connectivity index (χ0v) is 16.0. The molecule has 2 unspecified atom stereocenters. The summed E-state index contributed by atoms with van der Waals surface area (Å²) in [6, 6.07) is 13.3. The summed E-state index contributed by atoms with van der Waals surface area (Å²) in [5, 5.41) is 30.7. The number of ketones is 1. The Hall–Kier alpha value is -3.20. The number of rotatable bonds is 6. The molecule has 2 aromatic carbocycles. The highest BCUT2D eigenvalue weighted by molar-refractivity contribution is 7.89. The molecule has 0 bridgehead atoms. The topological polar surface area (TPSA) is 124 Å². The molecule has 8 heteroatoms. The first-order chi connectivity index (χ1) is 13.7. The Balaban J connectivity index is 1.90. The number of benzene rings is 2. The Kier molecular flexibility index (Phi) is 5.69. The van der Waals surface area contributed by atoms with Gasteiger partial charge < -0.3 is 15.3 Å². The molecule has 4 N–H and O–H groups in total. The third-order valence-electron chi connectivity index (χ3n) is 4.38. The van der Waals surface area contributed by atoms with Gasteiger partial charge in [0.1, 0.15) is 11.5 Å². The maximum Gasteiger partial charge on any atom is 0.243 e. The van der Waals surface area contributed by atoms with Gasteiger partial charge in [0.25, 0.3) is 0 Å². The average Bonchev–Trinajstić information content (AvgIpc) is 2.69. The van der Waals surface area contributed by atoms with Gasteiger partial charge in [-0.25, -0.2) is 8.42 Å². The molecule has 150 valence electrons. The number of carbonyl (C=O) groups excluding carboxylic acids is 1. The summed E-state index contributed by atoms with van der Waals surface area (Å²) in [4.78, 5) is 12.0. The Morgan fingerprint density at radius 3 is 2.48 bits per heavy atom. The zero-order chi connectivity index (χ0) is 21.1. The highest BCUT2D eigenvalue weighted by Crippen LogP contribution is 2.30. The number of nitrogens with one attached hydrogen (secondary N) is 1. The number of aliphatic hydroxyl groups excluding tert-OH is 1. The molecule has 1 aliphatic rings. The van der Waals surface area contributed by atoms with Crippen molar-refractivity contribution in [3.8, 4) is 5.75 Å². The third-order valence-corrected chi connectivity index (χ3v) is 5.83. The lowest BCUT2D eigenvalue weighted by molar-refractivity contribution is 0.000607. The number of sulfonamides is 1. The van der Waals surface area contributed by atoms with E-state index in [-0.39, 0.29) is 16.4 Å². The number of phenols is 1. The number of allylic oxidation sites excluding steroid dienone is 3. The third kappa shape index (κ3) is 4.45. The van der Waals surface area contributed by atoms with E-state index in [1.807, 2.05) is 0 Å². The van der Waals surface area contributed by atoms with Crippen LogP contribution >= 0.6 is 0 Å². The van der Waals surface area contributed by atoms with Crippen LogP contribution in [-0.4, -0.2) is 35.2 Å². The van der Waals surface area contributed by atoms with Crippen molar-refractivity contribution in [3.63, 3.8) is 0 Å². The first-order valence-electron chi connectivity index (χ1n) is 8.63. The summed E-state index contributed by atoms with van der Waals surface area (Å²) in [5.41, 5.74) is -1.99. The molecular weight excluding hydrogens is 394 g/mol. The van der Waals surface area contributed by atoms with Crippen LogP contribution in [0.5, 0.6) is 5.75 Å². The van der Waals surface area contributed by atoms with Crippen molar-refractivity contribution in [2.24, 2.45) is 5.92 Å². The minimum Gasteiger partial charge on any atom is -0.508 e. The van der Waals surface area contributed by atoms with E-state index in [0.717, 1.165) is 12.1 Å². The van der Waals surface area contributed by atoms with Crippen molar-refractivity contribution in [3.05, 3.63) is 96.3 Å². The molecule has 0 spiro atoms. The summed E-state index contributed by atoms with van der Waals surface area (Å²) >= 11 is 0. The van der Waals surface area contributed by atoms with Crippen LogP contribution in [0.4, 0.5) is 0 Å². The molecule has 0 saturated carbocycles. The Morgan fingerprint density at radius 2 is 1.79 bits per heavy atom. The summed E-state index contributed by atoms with van der Waals surface area (Å²) < 4.78 is 27.4. The second-order valence-corrected chi connectivity index (χ2v) is 8.10. The molecule has 0 aromatic heterocycles. The molecule has 7 nitrogen and oxygen atoms in total. The monoisotopic (exact) mass is 413 g/mol. The van der Waals surface area contributed by atoms with Gasteiger partial charge in [0.15, 0.2) is 11.5 Å². The molecule has 1 aliphatic carbocycles. The lowest BCUT2D eigenvalue weighted by atomic mass is 9.89. The molecule has 0 radical (unpaired) electrons. The SMILES string of the molecule is O=C(C=CC1C=CC=C(O)C1(O)NS(=O)(=O)c1cccc(O)c1)c1ccccc1. The van der Waals surface area contributed by atoms with Crippen LogP contribution < -0.4 is 4.72 Å². The van der Waals surface area contributed by atoms with Gasteiger partial charge in [0, 0.05) is 11.5 Å². The fourth-order valence-corrected chi connectivity index (χ4v) is 4.13. The Labute approximate surface area is 168 Å². The quantitative estimate of drug-likeness (QED) is 0.328. The lowest BCUT2D eigenvalue weighted by Crippen LogP contribution is -2.55. The number of phenolic OH excluding ortho intramolecular Hbond substituents is 1. The first-order valence-corrected chi connectivity index (χ1v) is 10.1. The van der Waals surface area contributed by atoms with E-state index in [2.05, 4.69) is 4.72 Å². The van der Waals surface area contributed by atoms with Gasteiger partial charge in [0.05, 0.1) is 4.90 Å². The summed E-state index contributed by atoms with van der Waals surface area (Å²) in [7, 11) is -4.31. The van der Waals surface area contributed by atoms with Crippen molar-refractivity contribution < 1.29 is 28.5 Å². The minimum atomic E-state index is -4.31. The van der Waals surface area contributed by atoms with Crippen molar-refractivity contribution >= 4 is 15.8 Å². The molecule has 2 aromatic rings. The summed E-state index contributed by atoms with van der Waals surface area (Å²) in [6.07, 6.45) is 6.54. The fraction of sp³-hybridized carbons (Fsp3) is 0.0952. The van der Waals surface area contributed by atoms with Crippen LogP contribution in [0.1, 0.15) is 10.4 Å². The second-order valence-electron chi connectivity index (χ2n) is 6.42. The molecule has 0 heterocycles. The Bertz CT molecular complexity index is 1110. The predicted octanol–water partition coefficient (Wildman–Crippen LogP) is 2.43. The van der Waals surface area contributed by atoms with Crippen LogP contribution in [0.3, 0.4) is 0 Å². The van der Waals surface area contributed by atoms with Crippen LogP contribution in [0, 0.1) is 5.92 Å². The van der Waals surface area contributed by atoms with E-state index in [0.29, 0.717) is 5.56 Å². The van der Waals surface area contributed by atoms with Gasteiger partial charge in [0.2, 0.25) is 10.0 Å². The molecule has 2 atom stereocenters. The van der Waals surface area contributed by atoms with E-state index >= 15 is 0 Å². The lowest BCUT2D eigenvalue weighted by Gasteiger charge is -2.34. The maximum atomic E-state index is 12.7. The molecule has 0 fully saturated rings. The van der Waals surface area contributed by atoms with Gasteiger partial charge >= 0.3 is 0 Å². The van der Waals surface area contributed by atoms with Crippen molar-refractivity contribution in [1.29, 1.82) is 0 Å². The molecule has 0 amide bonds. The molecule has 29 heavy (non-hydrogen) atoms. The number of carbonyl (C=O) groups is 1. The van der Waals surface area contributed by atoms with Crippen LogP contribution in [0.15, 0.2) is 95.6 Å². The van der Waals surface area contributed by atoms with Gasteiger partial charge in [-0.2, -0.15) is 4.72 Å². The van der Waals surface area contributed by atoms with Gasteiger partial charge in [-0.05, 0) is 30.4 Å². The first kappa shape index (κ1) is 20.5. The van der Waals surface area contributed by atoms with Crippen LogP contribution in [-0.2, 0) is 10.0 Å². The summed E-state index contributed by atoms with van der Waals surface area (Å²) in [5.74, 6) is -2.31. The van der Waals surface area contributed by atoms with Crippen LogP contribution in [0.2, 0.25) is 0 Å². The molecule has 0 saturated heterocycles. The number of hydrogen-bond acceptors (Lipinski definition) is 6. The molecular formula is C21H19NO6S. The predicted molar refractivity (Wildman–Crippen MR) is 107 cm³/mol. The summed E-state index contributed by atoms with van der Waals surface area (Å²) in [6.45, 7) is 0. The Morgan fingerprint density at radius 1 is 1.07 bits per heavy atom. The van der Waals surface area contributed by atoms with E-state index in [1.165, 1.54) is 42.5 Å². The van der Waals surface area contributed by atoms with Gasteiger partial charge in [-0.1, -0.05) is 54.6 Å². The van der Waals surface area contributed by atoms with Crippen LogP contribution in [0.25, 0.3) is 0 Å². The molecule has 3 rings (SSSR count).